The Morgan fingerprint density at radius 1 is 0.512 bits per heavy atom. The van der Waals surface area contributed by atoms with Crippen molar-refractivity contribution in [2.24, 2.45) is 0 Å². The van der Waals surface area contributed by atoms with Crippen molar-refractivity contribution in [3.05, 3.63) is 0 Å². The Bertz CT molecular complexity index is 504. The lowest BCUT2D eigenvalue weighted by atomic mass is 10.3. The monoisotopic (exact) mass is 622 g/mol. The van der Waals surface area contributed by atoms with Gasteiger partial charge in [-0.25, -0.2) is 4.20 Å². The minimum Gasteiger partial charge on any atom is -0.786 e. The molecule has 0 aromatic heterocycles. The molecule has 0 unspecified atom stereocenters. The molecule has 11 nitrogen and oxygen atoms in total. The van der Waals surface area contributed by atoms with Crippen LogP contribution in [0.3, 0.4) is 0 Å². The molecule has 41 heavy (non-hydrogen) atoms. The molecule has 0 aliphatic rings. The average molecular weight is 623 g/mol. The lowest BCUT2D eigenvalue weighted by Crippen LogP contribution is -2.48. The van der Waals surface area contributed by atoms with E-state index in [2.05, 4.69) is 41.5 Å². The number of hydrogen-bond donors (Lipinski definition) is 0. The lowest BCUT2D eigenvalue weighted by molar-refractivity contribution is -0.923. The minimum atomic E-state index is -5.64. The molecule has 0 aromatic carbocycles. The maximum atomic E-state index is 10.1. The summed E-state index contributed by atoms with van der Waals surface area (Å²) in [7, 11) is -2.28. The van der Waals surface area contributed by atoms with Gasteiger partial charge in [0, 0.05) is 27.1 Å². The topological polar surface area (TPSA) is 119 Å². The van der Waals surface area contributed by atoms with Gasteiger partial charge >= 0.3 is 0 Å². The molecular weight excluding hydrogens is 558 g/mol. The largest absolute Gasteiger partial charge is 0.786 e. The van der Waals surface area contributed by atoms with Gasteiger partial charge in [-0.05, 0) is 41.5 Å². The SMILES string of the molecule is CC[N+](CC)(CC)CCCOCCOCCOC.CC[N+](CC)(CC)CCCOCCOCCOC.O=P([O-])([O-])F. The van der Waals surface area contributed by atoms with Crippen LogP contribution in [-0.4, -0.2) is 142 Å². The van der Waals surface area contributed by atoms with E-state index in [0.29, 0.717) is 52.9 Å². The fourth-order valence-corrected chi connectivity index (χ4v) is 4.22. The third kappa shape index (κ3) is 32.5. The molecule has 0 aliphatic carbocycles. The van der Waals surface area contributed by atoms with Crippen LogP contribution in [0.15, 0.2) is 0 Å². The van der Waals surface area contributed by atoms with Crippen molar-refractivity contribution in [2.45, 2.75) is 54.4 Å². The highest BCUT2D eigenvalue weighted by Gasteiger charge is 2.20. The van der Waals surface area contributed by atoms with Gasteiger partial charge in [0.15, 0.2) is 0 Å². The van der Waals surface area contributed by atoms with Gasteiger partial charge in [0.05, 0.1) is 118 Å². The number of quaternary nitrogens is 2. The molecule has 0 bridgehead atoms. The van der Waals surface area contributed by atoms with E-state index in [1.807, 2.05) is 0 Å². The molecule has 0 fully saturated rings. The standard InChI is InChI=1S/2C14H32NO3.FH2O3P/c2*1-5-15(6-2,7-3)9-8-10-17-13-14-18-12-11-16-4;1-5(2,3)4/h2*5-14H2,1-4H3;(H2,2,3,4)/q2*+1;/p-2. The second-order valence-corrected chi connectivity index (χ2v) is 10.5. The van der Waals surface area contributed by atoms with Crippen LogP contribution in [0, 0.1) is 0 Å². The lowest BCUT2D eigenvalue weighted by Gasteiger charge is -2.35. The van der Waals surface area contributed by atoms with Gasteiger partial charge in [-0.2, -0.15) is 0 Å². The molecule has 0 N–H and O–H groups in total. The van der Waals surface area contributed by atoms with Crippen LogP contribution >= 0.6 is 7.91 Å². The molecule has 0 heterocycles. The van der Waals surface area contributed by atoms with Gasteiger partial charge in [0.2, 0.25) is 0 Å². The van der Waals surface area contributed by atoms with E-state index in [4.69, 9.17) is 42.8 Å². The summed E-state index contributed by atoms with van der Waals surface area (Å²) in [5.41, 5.74) is 0. The summed E-state index contributed by atoms with van der Waals surface area (Å²) >= 11 is 0. The highest BCUT2D eigenvalue weighted by molar-refractivity contribution is 7.42. The molecule has 13 heteroatoms. The van der Waals surface area contributed by atoms with Gasteiger partial charge in [0.1, 0.15) is 7.91 Å². The molecule has 0 saturated carbocycles. The fraction of sp³-hybridized carbons (Fsp3) is 1.00. The molecule has 0 rings (SSSR count). The van der Waals surface area contributed by atoms with Crippen molar-refractivity contribution < 1.29 is 55.9 Å². The van der Waals surface area contributed by atoms with Crippen molar-refractivity contribution in [2.75, 3.05) is 133 Å². The number of hydrogen-bond acceptors (Lipinski definition) is 9. The Morgan fingerprint density at radius 3 is 0.951 bits per heavy atom. The molecular formula is C28H64FN2O9P. The first-order valence-corrected chi connectivity index (χ1v) is 16.6. The first-order valence-electron chi connectivity index (χ1n) is 15.2. The Labute approximate surface area is 251 Å². The molecule has 0 saturated heterocycles. The molecule has 0 radical (unpaired) electrons. The van der Waals surface area contributed by atoms with Crippen LogP contribution < -0.4 is 9.79 Å². The third-order valence-corrected chi connectivity index (χ3v) is 7.47. The third-order valence-electron chi connectivity index (χ3n) is 7.47. The number of ether oxygens (including phenoxy) is 6. The van der Waals surface area contributed by atoms with Gasteiger partial charge in [0.25, 0.3) is 0 Å². The second kappa shape index (κ2) is 31.2. The van der Waals surface area contributed by atoms with Crippen molar-refractivity contribution >= 4 is 7.91 Å². The van der Waals surface area contributed by atoms with Gasteiger partial charge in [-0.3, -0.25) is 0 Å². The fourth-order valence-electron chi connectivity index (χ4n) is 4.22. The number of rotatable bonds is 26. The number of halogens is 1. The van der Waals surface area contributed by atoms with Crippen LogP contribution in [0.5, 0.6) is 0 Å². The van der Waals surface area contributed by atoms with Crippen molar-refractivity contribution in [1.82, 2.24) is 0 Å². The quantitative estimate of drug-likeness (QED) is 0.0815. The number of methoxy groups -OCH3 is 2. The zero-order valence-electron chi connectivity index (χ0n) is 27.5. The Balaban J connectivity index is -0.000000604. The molecule has 0 aliphatic heterocycles. The predicted octanol–water partition coefficient (Wildman–Crippen LogP) is 2.65. The first-order chi connectivity index (χ1) is 19.5. The van der Waals surface area contributed by atoms with Gasteiger partial charge < -0.3 is 51.7 Å². The van der Waals surface area contributed by atoms with E-state index >= 15 is 0 Å². The van der Waals surface area contributed by atoms with Gasteiger partial charge in [-0.1, -0.05) is 0 Å². The smallest absolute Gasteiger partial charge is 0.110 e. The maximum Gasteiger partial charge on any atom is 0.110 e. The predicted molar refractivity (Wildman–Crippen MR) is 158 cm³/mol. The molecule has 0 atom stereocenters. The van der Waals surface area contributed by atoms with Crippen molar-refractivity contribution in [3.8, 4) is 0 Å². The van der Waals surface area contributed by atoms with Crippen LogP contribution in [0.2, 0.25) is 0 Å². The van der Waals surface area contributed by atoms with E-state index < -0.39 is 7.91 Å². The van der Waals surface area contributed by atoms with Crippen molar-refractivity contribution in [3.63, 3.8) is 0 Å². The van der Waals surface area contributed by atoms with Crippen LogP contribution in [0.1, 0.15) is 54.4 Å². The van der Waals surface area contributed by atoms with E-state index in [0.717, 1.165) is 26.1 Å². The second-order valence-electron chi connectivity index (χ2n) is 9.60. The van der Waals surface area contributed by atoms with E-state index in [-0.39, 0.29) is 0 Å². The summed E-state index contributed by atoms with van der Waals surface area (Å²) in [5.74, 6) is 0. The zero-order valence-corrected chi connectivity index (χ0v) is 28.4. The Hall–Kier alpha value is -0.240. The Morgan fingerprint density at radius 2 is 0.732 bits per heavy atom. The van der Waals surface area contributed by atoms with Crippen LogP contribution in [0.25, 0.3) is 0 Å². The van der Waals surface area contributed by atoms with E-state index in [9.17, 15) is 4.20 Å². The van der Waals surface area contributed by atoms with Gasteiger partial charge in [-0.15, -0.1) is 0 Å². The van der Waals surface area contributed by atoms with E-state index in [1.54, 1.807) is 14.2 Å². The first kappa shape index (κ1) is 45.2. The molecule has 0 aromatic rings. The molecule has 0 amide bonds. The summed E-state index contributed by atoms with van der Waals surface area (Å²) in [4.78, 5) is 16.9. The summed E-state index contributed by atoms with van der Waals surface area (Å²) in [6.45, 7) is 30.4. The zero-order chi connectivity index (χ0) is 31.9. The highest BCUT2D eigenvalue weighted by Crippen LogP contribution is 2.22. The summed E-state index contributed by atoms with van der Waals surface area (Å²) in [6, 6.07) is 0. The minimum absolute atomic E-state index is 0.654. The normalized spacial score (nSPS) is 12.0. The molecule has 252 valence electrons. The average Bonchev–Trinajstić information content (AvgIpc) is 2.95. The van der Waals surface area contributed by atoms with Crippen molar-refractivity contribution in [1.29, 1.82) is 0 Å². The summed E-state index contributed by atoms with van der Waals surface area (Å²) in [5, 5.41) is 0. The van der Waals surface area contributed by atoms with Crippen LogP contribution in [0.4, 0.5) is 4.20 Å². The highest BCUT2D eigenvalue weighted by atomic mass is 31.2. The van der Waals surface area contributed by atoms with E-state index in [1.165, 1.54) is 61.3 Å². The number of nitrogens with zero attached hydrogens (tertiary/aromatic N) is 2. The summed E-state index contributed by atoms with van der Waals surface area (Å²) in [6.07, 6.45) is 2.27. The van der Waals surface area contributed by atoms with Crippen LogP contribution in [-0.2, 0) is 33.0 Å². The molecule has 0 spiro atoms. The maximum absolute atomic E-state index is 10.1. The summed E-state index contributed by atoms with van der Waals surface area (Å²) < 4.78 is 52.6. The Kier molecular flexibility index (Phi) is 34.4.